The molecule has 2 N–H and O–H groups in total. The van der Waals surface area contributed by atoms with Crippen LogP contribution in [-0.2, 0) is 11.2 Å². The number of non-ortho nitro benzene ring substituents is 1. The summed E-state index contributed by atoms with van der Waals surface area (Å²) in [4.78, 5) is 33.4. The van der Waals surface area contributed by atoms with Gasteiger partial charge in [-0.25, -0.2) is 0 Å². The van der Waals surface area contributed by atoms with Gasteiger partial charge in [-0.2, -0.15) is 0 Å². The summed E-state index contributed by atoms with van der Waals surface area (Å²) in [6.07, 6.45) is 0.637. The molecular weight excluding hydrogens is 322 g/mol. The molecule has 0 bridgehead atoms. The van der Waals surface area contributed by atoms with Gasteiger partial charge in [0.1, 0.15) is 0 Å². The van der Waals surface area contributed by atoms with E-state index in [1.165, 1.54) is 25.1 Å². The number of nitro groups is 1. The van der Waals surface area contributed by atoms with E-state index in [0.717, 1.165) is 11.3 Å². The van der Waals surface area contributed by atoms with E-state index < -0.39 is 4.92 Å². The first-order valence-electron chi connectivity index (χ1n) is 7.76. The molecule has 25 heavy (non-hydrogen) atoms. The molecule has 0 saturated heterocycles. The van der Waals surface area contributed by atoms with Crippen LogP contribution in [0.15, 0.2) is 42.5 Å². The molecule has 0 spiro atoms. The number of hydrogen-bond acceptors (Lipinski definition) is 4. The number of aryl methyl sites for hydroxylation is 1. The summed E-state index contributed by atoms with van der Waals surface area (Å²) in [6.45, 7) is 3.56. The Kier molecular flexibility index (Phi) is 5.84. The highest BCUT2D eigenvalue weighted by Crippen LogP contribution is 2.17. The quantitative estimate of drug-likeness (QED) is 0.623. The third-order valence-corrected chi connectivity index (χ3v) is 3.64. The van der Waals surface area contributed by atoms with Crippen LogP contribution in [-0.4, -0.2) is 23.3 Å². The molecule has 0 aliphatic carbocycles. The van der Waals surface area contributed by atoms with Crippen LogP contribution < -0.4 is 10.6 Å². The molecule has 0 unspecified atom stereocenters. The molecule has 0 atom stereocenters. The Morgan fingerprint density at radius 2 is 1.80 bits per heavy atom. The largest absolute Gasteiger partial charge is 0.352 e. The van der Waals surface area contributed by atoms with E-state index in [-0.39, 0.29) is 17.5 Å². The number of nitrogens with zero attached hydrogens (tertiary/aromatic N) is 1. The van der Waals surface area contributed by atoms with Crippen LogP contribution in [0.2, 0.25) is 0 Å². The van der Waals surface area contributed by atoms with Gasteiger partial charge in [-0.05, 0) is 42.7 Å². The smallest absolute Gasteiger partial charge is 0.269 e. The van der Waals surface area contributed by atoms with Crippen LogP contribution in [0.3, 0.4) is 0 Å². The molecule has 7 heteroatoms. The first kappa shape index (κ1) is 18.1. The first-order valence-corrected chi connectivity index (χ1v) is 7.76. The van der Waals surface area contributed by atoms with Crippen molar-refractivity contribution in [3.63, 3.8) is 0 Å². The number of anilines is 1. The van der Waals surface area contributed by atoms with E-state index >= 15 is 0 Å². The topological polar surface area (TPSA) is 101 Å². The molecule has 0 saturated carbocycles. The van der Waals surface area contributed by atoms with Gasteiger partial charge in [0.25, 0.3) is 11.6 Å². The fourth-order valence-corrected chi connectivity index (χ4v) is 2.39. The second-order valence-corrected chi connectivity index (χ2v) is 5.64. The highest BCUT2D eigenvalue weighted by atomic mass is 16.6. The highest BCUT2D eigenvalue weighted by molar-refractivity contribution is 5.95. The van der Waals surface area contributed by atoms with E-state index in [4.69, 9.17) is 0 Å². The lowest BCUT2D eigenvalue weighted by atomic mass is 10.1. The molecule has 0 aromatic heterocycles. The maximum absolute atomic E-state index is 12.2. The second-order valence-electron chi connectivity index (χ2n) is 5.64. The van der Waals surface area contributed by atoms with Crippen LogP contribution in [0.1, 0.15) is 28.4 Å². The molecule has 0 heterocycles. The van der Waals surface area contributed by atoms with Gasteiger partial charge in [0.15, 0.2) is 0 Å². The highest BCUT2D eigenvalue weighted by Gasteiger charge is 2.13. The molecule has 2 rings (SSSR count). The Morgan fingerprint density at radius 1 is 1.12 bits per heavy atom. The zero-order valence-corrected chi connectivity index (χ0v) is 14.0. The fourth-order valence-electron chi connectivity index (χ4n) is 2.39. The van der Waals surface area contributed by atoms with Crippen molar-refractivity contribution in [1.82, 2.24) is 5.32 Å². The summed E-state index contributed by atoms with van der Waals surface area (Å²) in [5.74, 6) is -0.388. The van der Waals surface area contributed by atoms with E-state index in [0.29, 0.717) is 24.1 Å². The molecule has 7 nitrogen and oxygen atoms in total. The monoisotopic (exact) mass is 341 g/mol. The van der Waals surface area contributed by atoms with Crippen molar-refractivity contribution < 1.29 is 14.5 Å². The van der Waals surface area contributed by atoms with Crippen molar-refractivity contribution in [3.05, 3.63) is 69.3 Å². The Hall–Kier alpha value is -3.22. The van der Waals surface area contributed by atoms with E-state index in [1.807, 2.05) is 12.1 Å². The SMILES string of the molecule is CC(=O)Nc1ccc(CCNC(=O)c2ccc([N+](=O)[O-])cc2C)cc1. The van der Waals surface area contributed by atoms with Crippen molar-refractivity contribution in [2.24, 2.45) is 0 Å². The molecular formula is C18H19N3O4. The minimum absolute atomic E-state index is 0.0340. The third-order valence-electron chi connectivity index (χ3n) is 3.64. The van der Waals surface area contributed by atoms with Crippen molar-refractivity contribution in [1.29, 1.82) is 0 Å². The van der Waals surface area contributed by atoms with E-state index in [1.54, 1.807) is 19.1 Å². The van der Waals surface area contributed by atoms with Crippen LogP contribution in [0.4, 0.5) is 11.4 Å². The molecule has 0 fully saturated rings. The molecule has 0 radical (unpaired) electrons. The van der Waals surface area contributed by atoms with Crippen molar-refractivity contribution in [2.45, 2.75) is 20.3 Å². The summed E-state index contributed by atoms with van der Waals surface area (Å²) in [5.41, 5.74) is 2.70. The van der Waals surface area contributed by atoms with E-state index in [2.05, 4.69) is 10.6 Å². The lowest BCUT2D eigenvalue weighted by Gasteiger charge is -2.08. The maximum atomic E-state index is 12.2. The van der Waals surface area contributed by atoms with Gasteiger partial charge in [-0.15, -0.1) is 0 Å². The van der Waals surface area contributed by atoms with Crippen LogP contribution in [0.25, 0.3) is 0 Å². The number of carbonyl (C=O) groups excluding carboxylic acids is 2. The van der Waals surface area contributed by atoms with Gasteiger partial charge < -0.3 is 10.6 Å². The van der Waals surface area contributed by atoms with Gasteiger partial charge in [0.2, 0.25) is 5.91 Å². The van der Waals surface area contributed by atoms with Crippen molar-refractivity contribution in [3.8, 4) is 0 Å². The fraction of sp³-hybridized carbons (Fsp3) is 0.222. The Bertz CT molecular complexity index is 800. The van der Waals surface area contributed by atoms with Crippen LogP contribution >= 0.6 is 0 Å². The summed E-state index contributed by atoms with van der Waals surface area (Å²) < 4.78 is 0. The Morgan fingerprint density at radius 3 is 2.36 bits per heavy atom. The van der Waals surface area contributed by atoms with Gasteiger partial charge in [0.05, 0.1) is 4.92 Å². The number of amides is 2. The number of nitrogens with one attached hydrogen (secondary N) is 2. The molecule has 0 aliphatic heterocycles. The van der Waals surface area contributed by atoms with Crippen LogP contribution in [0, 0.1) is 17.0 Å². The van der Waals surface area contributed by atoms with Gasteiger partial charge in [-0.3, -0.25) is 19.7 Å². The average Bonchev–Trinajstić information content (AvgIpc) is 2.55. The summed E-state index contributed by atoms with van der Waals surface area (Å²) in [6, 6.07) is 11.5. The van der Waals surface area contributed by atoms with Crippen LogP contribution in [0.5, 0.6) is 0 Å². The number of benzene rings is 2. The lowest BCUT2D eigenvalue weighted by Crippen LogP contribution is -2.26. The van der Waals surface area contributed by atoms with Crippen molar-refractivity contribution in [2.75, 3.05) is 11.9 Å². The normalized spacial score (nSPS) is 10.2. The average molecular weight is 341 g/mol. The van der Waals surface area contributed by atoms with Gasteiger partial charge in [0, 0.05) is 36.9 Å². The Labute approximate surface area is 145 Å². The predicted molar refractivity (Wildman–Crippen MR) is 94.6 cm³/mol. The van der Waals surface area contributed by atoms with Gasteiger partial charge >= 0.3 is 0 Å². The summed E-state index contributed by atoms with van der Waals surface area (Å²) in [7, 11) is 0. The second kappa shape index (κ2) is 8.05. The third kappa shape index (κ3) is 5.13. The number of nitro benzene ring substituents is 1. The minimum atomic E-state index is -0.487. The molecule has 2 aromatic carbocycles. The lowest BCUT2D eigenvalue weighted by molar-refractivity contribution is -0.384. The minimum Gasteiger partial charge on any atom is -0.352 e. The zero-order valence-electron chi connectivity index (χ0n) is 14.0. The van der Waals surface area contributed by atoms with Gasteiger partial charge in [-0.1, -0.05) is 12.1 Å². The standard InChI is InChI=1S/C18H19N3O4/c1-12-11-16(21(24)25)7-8-17(12)18(23)19-10-9-14-3-5-15(6-4-14)20-13(2)22/h3-8,11H,9-10H2,1-2H3,(H,19,23)(H,20,22). The molecule has 2 aromatic rings. The maximum Gasteiger partial charge on any atom is 0.269 e. The van der Waals surface area contributed by atoms with Crippen molar-refractivity contribution >= 4 is 23.2 Å². The summed E-state index contributed by atoms with van der Waals surface area (Å²) in [5, 5.41) is 16.2. The number of rotatable bonds is 6. The Balaban J connectivity index is 1.90. The molecule has 2 amide bonds. The zero-order chi connectivity index (χ0) is 18.4. The molecule has 0 aliphatic rings. The van der Waals surface area contributed by atoms with E-state index in [9.17, 15) is 19.7 Å². The molecule has 130 valence electrons. The number of hydrogen-bond donors (Lipinski definition) is 2. The predicted octanol–water partition coefficient (Wildman–Crippen LogP) is 2.83. The first-order chi connectivity index (χ1) is 11.9. The summed E-state index contributed by atoms with van der Waals surface area (Å²) >= 11 is 0. The number of carbonyl (C=O) groups is 2.